The lowest BCUT2D eigenvalue weighted by Gasteiger charge is -2.14. The summed E-state index contributed by atoms with van der Waals surface area (Å²) in [5, 5.41) is 6.71. The fraction of sp³-hybridized carbons (Fsp3) is 0.231. The third-order valence-corrected chi connectivity index (χ3v) is 6.78. The molecule has 0 spiro atoms. The maximum Gasteiger partial charge on any atom is 0.266 e. The van der Waals surface area contributed by atoms with Gasteiger partial charge in [-0.3, -0.25) is 14.0 Å². The molecular formula is C26H23ClN4O2. The highest BCUT2D eigenvalue weighted by Crippen LogP contribution is 2.31. The zero-order valence-electron chi connectivity index (χ0n) is 18.1. The lowest BCUT2D eigenvalue weighted by atomic mass is 10.1. The van der Waals surface area contributed by atoms with Gasteiger partial charge in [0.25, 0.3) is 5.56 Å². The number of hydrogen-bond donors (Lipinski definition) is 0. The highest BCUT2D eigenvalue weighted by atomic mass is 35.5. The Morgan fingerprint density at radius 3 is 2.70 bits per heavy atom. The van der Waals surface area contributed by atoms with E-state index in [2.05, 4.69) is 14.7 Å². The third-order valence-electron chi connectivity index (χ3n) is 6.45. The summed E-state index contributed by atoms with van der Waals surface area (Å²) in [6.45, 7) is 4.25. The molecule has 0 unspecified atom stereocenters. The average Bonchev–Trinajstić information content (AvgIpc) is 3.58. The van der Waals surface area contributed by atoms with Crippen molar-refractivity contribution in [2.24, 2.45) is 0 Å². The summed E-state index contributed by atoms with van der Waals surface area (Å²) in [7, 11) is 0. The predicted molar refractivity (Wildman–Crippen MR) is 131 cm³/mol. The lowest BCUT2D eigenvalue weighted by Crippen LogP contribution is -2.24. The van der Waals surface area contributed by atoms with Crippen LogP contribution in [0.15, 0.2) is 76.2 Å². The molecule has 0 amide bonds. The number of rotatable bonds is 5. The molecule has 5 aromatic rings. The Morgan fingerprint density at radius 2 is 1.85 bits per heavy atom. The molecule has 0 bridgehead atoms. The van der Waals surface area contributed by atoms with Gasteiger partial charge in [-0.05, 0) is 68.4 Å². The molecule has 1 aliphatic rings. The maximum absolute atomic E-state index is 13.3. The number of furan rings is 1. The topological polar surface area (TPSA) is 56.2 Å². The van der Waals surface area contributed by atoms with Crippen molar-refractivity contribution in [3.63, 3.8) is 0 Å². The number of aromatic nitrogens is 3. The van der Waals surface area contributed by atoms with Crippen LogP contribution in [-0.4, -0.2) is 38.9 Å². The number of halogens is 1. The van der Waals surface area contributed by atoms with Crippen LogP contribution in [0, 0.1) is 0 Å². The molecular weight excluding hydrogens is 436 g/mol. The molecule has 2 aromatic carbocycles. The van der Waals surface area contributed by atoms with Gasteiger partial charge in [0.05, 0.1) is 28.7 Å². The second kappa shape index (κ2) is 8.21. The van der Waals surface area contributed by atoms with Crippen LogP contribution >= 0.6 is 11.6 Å². The van der Waals surface area contributed by atoms with E-state index in [9.17, 15) is 4.79 Å². The molecule has 0 atom stereocenters. The molecule has 1 fully saturated rings. The first-order valence-electron chi connectivity index (χ1n) is 11.3. The second-order valence-corrected chi connectivity index (χ2v) is 8.93. The molecule has 1 aliphatic heterocycles. The molecule has 0 aliphatic carbocycles. The maximum atomic E-state index is 13.3. The van der Waals surface area contributed by atoms with Crippen molar-refractivity contribution in [1.82, 2.24) is 19.2 Å². The molecule has 1 saturated heterocycles. The highest BCUT2D eigenvalue weighted by molar-refractivity contribution is 6.33. The van der Waals surface area contributed by atoms with E-state index in [1.54, 1.807) is 16.8 Å². The van der Waals surface area contributed by atoms with Crippen molar-refractivity contribution in [2.45, 2.75) is 19.4 Å². The summed E-state index contributed by atoms with van der Waals surface area (Å²) in [5.74, 6) is 0.584. The van der Waals surface area contributed by atoms with E-state index >= 15 is 0 Å². The van der Waals surface area contributed by atoms with E-state index in [0.29, 0.717) is 21.8 Å². The summed E-state index contributed by atoms with van der Waals surface area (Å²) < 4.78 is 9.63. The molecule has 0 radical (unpaired) electrons. The summed E-state index contributed by atoms with van der Waals surface area (Å²) in [6.07, 6.45) is 6.21. The monoisotopic (exact) mass is 458 g/mol. The molecule has 4 heterocycles. The van der Waals surface area contributed by atoms with Crippen molar-refractivity contribution in [1.29, 1.82) is 0 Å². The van der Waals surface area contributed by atoms with Crippen LogP contribution in [-0.2, 0) is 6.54 Å². The van der Waals surface area contributed by atoms with E-state index in [0.717, 1.165) is 35.2 Å². The number of benzene rings is 2. The van der Waals surface area contributed by atoms with Gasteiger partial charge in [-0.1, -0.05) is 23.7 Å². The zero-order chi connectivity index (χ0) is 22.4. The molecule has 7 heteroatoms. The van der Waals surface area contributed by atoms with E-state index in [-0.39, 0.29) is 5.56 Å². The van der Waals surface area contributed by atoms with Crippen molar-refractivity contribution in [3.05, 3.63) is 82.4 Å². The quantitative estimate of drug-likeness (QED) is 0.356. The molecule has 3 aromatic heterocycles. The average molecular weight is 459 g/mol. The van der Waals surface area contributed by atoms with Crippen LogP contribution in [0.25, 0.3) is 38.9 Å². The molecule has 0 N–H and O–H groups in total. The van der Waals surface area contributed by atoms with Crippen LogP contribution in [0.3, 0.4) is 0 Å². The molecule has 166 valence electrons. The van der Waals surface area contributed by atoms with Crippen LogP contribution < -0.4 is 5.56 Å². The van der Waals surface area contributed by atoms with Gasteiger partial charge in [-0.2, -0.15) is 5.10 Å². The Balaban J connectivity index is 1.34. The van der Waals surface area contributed by atoms with Crippen molar-refractivity contribution >= 4 is 33.5 Å². The van der Waals surface area contributed by atoms with E-state index in [1.807, 2.05) is 54.7 Å². The second-order valence-electron chi connectivity index (χ2n) is 8.52. The highest BCUT2D eigenvalue weighted by Gasteiger charge is 2.15. The lowest BCUT2D eigenvalue weighted by molar-refractivity contribution is 0.318. The van der Waals surface area contributed by atoms with Gasteiger partial charge in [0, 0.05) is 29.4 Å². The third kappa shape index (κ3) is 3.65. The molecule has 33 heavy (non-hydrogen) atoms. The minimum Gasteiger partial charge on any atom is -0.456 e. The Bertz CT molecular complexity index is 1520. The summed E-state index contributed by atoms with van der Waals surface area (Å²) in [6, 6.07) is 17.1. The standard InChI is InChI=1S/C26H23ClN4O2/c27-22-6-2-1-5-20(22)25-16-21-24(33-25)9-12-30(26(21)32)19-7-8-23-18(15-19)17-28-31(23)14-13-29-10-3-4-11-29/h1-2,5-9,12,15-17H,3-4,10-11,13-14H2. The van der Waals surface area contributed by atoms with Crippen LogP contribution in [0.1, 0.15) is 12.8 Å². The van der Waals surface area contributed by atoms with Crippen LogP contribution in [0.4, 0.5) is 0 Å². The van der Waals surface area contributed by atoms with Crippen molar-refractivity contribution in [3.8, 4) is 17.0 Å². The van der Waals surface area contributed by atoms with Gasteiger partial charge in [-0.25, -0.2) is 0 Å². The van der Waals surface area contributed by atoms with Gasteiger partial charge in [0.1, 0.15) is 11.3 Å². The van der Waals surface area contributed by atoms with Crippen molar-refractivity contribution < 1.29 is 4.42 Å². The number of fused-ring (bicyclic) bond motifs is 2. The van der Waals surface area contributed by atoms with E-state index in [1.165, 1.54) is 25.9 Å². The summed E-state index contributed by atoms with van der Waals surface area (Å²) in [4.78, 5) is 15.8. The first-order chi connectivity index (χ1) is 16.2. The van der Waals surface area contributed by atoms with E-state index in [4.69, 9.17) is 16.0 Å². The number of nitrogens with zero attached hydrogens (tertiary/aromatic N) is 4. The molecule has 6 rings (SSSR count). The summed E-state index contributed by atoms with van der Waals surface area (Å²) in [5.41, 5.74) is 3.06. The molecule has 6 nitrogen and oxygen atoms in total. The van der Waals surface area contributed by atoms with Crippen molar-refractivity contribution in [2.75, 3.05) is 19.6 Å². The Labute approximate surface area is 195 Å². The minimum absolute atomic E-state index is 0.129. The van der Waals surface area contributed by atoms with Gasteiger partial charge in [0.15, 0.2) is 0 Å². The summed E-state index contributed by atoms with van der Waals surface area (Å²) >= 11 is 6.32. The van der Waals surface area contributed by atoms with Crippen LogP contribution in [0.2, 0.25) is 5.02 Å². The Hall–Kier alpha value is -3.35. The Kier molecular flexibility index (Phi) is 5.04. The Morgan fingerprint density at radius 1 is 1.00 bits per heavy atom. The first kappa shape index (κ1) is 20.3. The largest absolute Gasteiger partial charge is 0.456 e. The van der Waals surface area contributed by atoms with Gasteiger partial charge in [0.2, 0.25) is 0 Å². The van der Waals surface area contributed by atoms with Gasteiger partial charge in [-0.15, -0.1) is 0 Å². The zero-order valence-corrected chi connectivity index (χ0v) is 18.8. The number of pyridine rings is 1. The minimum atomic E-state index is -0.129. The number of likely N-dealkylation sites (tertiary alicyclic amines) is 1. The smallest absolute Gasteiger partial charge is 0.266 e. The van der Waals surface area contributed by atoms with Gasteiger partial charge < -0.3 is 9.32 Å². The van der Waals surface area contributed by atoms with Gasteiger partial charge >= 0.3 is 0 Å². The fourth-order valence-electron chi connectivity index (χ4n) is 4.68. The SMILES string of the molecule is O=c1c2cc(-c3ccccc3Cl)oc2ccn1-c1ccc2c(cnn2CCN2CCCC2)c1. The fourth-order valence-corrected chi connectivity index (χ4v) is 4.91. The predicted octanol–water partition coefficient (Wildman–Crippen LogP) is 5.35. The first-order valence-corrected chi connectivity index (χ1v) is 11.6. The van der Waals surface area contributed by atoms with E-state index < -0.39 is 0 Å². The number of hydrogen-bond acceptors (Lipinski definition) is 4. The molecule has 0 saturated carbocycles. The van der Waals surface area contributed by atoms with Crippen LogP contribution in [0.5, 0.6) is 0 Å². The normalized spacial score (nSPS) is 14.6.